The summed E-state index contributed by atoms with van der Waals surface area (Å²) in [6.45, 7) is 5.88. The SMILES string of the molecule is COc1cc(NC(C(=O)N2CCc3ccc(C(F)(F)F)cc32)c2ccc(Cl)cc2)cc(OCCCC(=O)OC(C)(C)C)c1. The Balaban J connectivity index is 1.57. The molecule has 1 aliphatic rings. The summed E-state index contributed by atoms with van der Waals surface area (Å²) in [5.41, 5.74) is 0.569. The third-order valence-corrected chi connectivity index (χ3v) is 6.92. The highest BCUT2D eigenvalue weighted by molar-refractivity contribution is 6.30. The van der Waals surface area contributed by atoms with E-state index in [1.165, 1.54) is 18.1 Å². The second-order valence-corrected chi connectivity index (χ2v) is 11.6. The van der Waals surface area contributed by atoms with Crippen LogP contribution < -0.4 is 19.7 Å². The number of alkyl halides is 3. The van der Waals surface area contributed by atoms with E-state index in [4.69, 9.17) is 25.8 Å². The minimum atomic E-state index is -4.54. The van der Waals surface area contributed by atoms with Crippen molar-refractivity contribution in [1.82, 2.24) is 0 Å². The molecule has 1 N–H and O–H groups in total. The molecule has 7 nitrogen and oxygen atoms in total. The van der Waals surface area contributed by atoms with Gasteiger partial charge in [0.15, 0.2) is 0 Å². The van der Waals surface area contributed by atoms with E-state index in [0.29, 0.717) is 46.2 Å². The van der Waals surface area contributed by atoms with E-state index in [2.05, 4.69) is 5.32 Å². The first-order chi connectivity index (χ1) is 20.2. The molecule has 11 heteroatoms. The molecule has 0 saturated carbocycles. The zero-order valence-electron chi connectivity index (χ0n) is 24.4. The van der Waals surface area contributed by atoms with Crippen LogP contribution in [0, 0.1) is 0 Å². The summed E-state index contributed by atoms with van der Waals surface area (Å²) in [6.07, 6.45) is -3.49. The van der Waals surface area contributed by atoms with Gasteiger partial charge in [0.2, 0.25) is 0 Å². The van der Waals surface area contributed by atoms with Crippen LogP contribution in [-0.4, -0.2) is 37.7 Å². The van der Waals surface area contributed by atoms with Crippen LogP contribution in [0.1, 0.15) is 56.3 Å². The second kappa shape index (κ2) is 13.2. The maximum Gasteiger partial charge on any atom is 0.416 e. The minimum absolute atomic E-state index is 0.187. The molecule has 3 aromatic rings. The number of rotatable bonds is 10. The molecule has 43 heavy (non-hydrogen) atoms. The van der Waals surface area contributed by atoms with Crippen LogP contribution in [0.15, 0.2) is 60.7 Å². The van der Waals surface area contributed by atoms with Crippen LogP contribution in [0.25, 0.3) is 0 Å². The number of amides is 1. The van der Waals surface area contributed by atoms with Crippen LogP contribution in [0.3, 0.4) is 0 Å². The number of ether oxygens (including phenoxy) is 3. The lowest BCUT2D eigenvalue weighted by Crippen LogP contribution is -2.37. The summed E-state index contributed by atoms with van der Waals surface area (Å²) in [5, 5.41) is 3.70. The molecule has 0 radical (unpaired) electrons. The summed E-state index contributed by atoms with van der Waals surface area (Å²) in [4.78, 5) is 27.4. The van der Waals surface area contributed by atoms with Crippen LogP contribution >= 0.6 is 11.6 Å². The van der Waals surface area contributed by atoms with Gasteiger partial charge in [-0.15, -0.1) is 0 Å². The molecule has 0 spiro atoms. The van der Waals surface area contributed by atoms with Crippen LogP contribution in [-0.2, 0) is 26.9 Å². The van der Waals surface area contributed by atoms with Gasteiger partial charge in [0.1, 0.15) is 23.1 Å². The Morgan fingerprint density at radius 1 is 1.00 bits per heavy atom. The van der Waals surface area contributed by atoms with Crippen LogP contribution in [0.4, 0.5) is 24.5 Å². The molecule has 0 saturated heterocycles. The van der Waals surface area contributed by atoms with Gasteiger partial charge < -0.3 is 24.4 Å². The topological polar surface area (TPSA) is 77.1 Å². The van der Waals surface area contributed by atoms with Crippen molar-refractivity contribution in [3.05, 3.63) is 82.4 Å². The van der Waals surface area contributed by atoms with Crippen molar-refractivity contribution in [2.24, 2.45) is 0 Å². The van der Waals surface area contributed by atoms with E-state index in [1.54, 1.807) is 63.2 Å². The molecule has 1 atom stereocenters. The first-order valence-electron chi connectivity index (χ1n) is 13.8. The Labute approximate surface area is 253 Å². The van der Waals surface area contributed by atoms with Crippen LogP contribution in [0.5, 0.6) is 11.5 Å². The number of carbonyl (C=O) groups is 2. The smallest absolute Gasteiger partial charge is 0.416 e. The van der Waals surface area contributed by atoms with Gasteiger partial charge in [-0.2, -0.15) is 13.2 Å². The highest BCUT2D eigenvalue weighted by atomic mass is 35.5. The summed E-state index contributed by atoms with van der Waals surface area (Å²) in [6, 6.07) is 14.2. The largest absolute Gasteiger partial charge is 0.497 e. The standard InChI is InChI=1S/C32H34ClF3N2O5/c1-31(2,3)43-28(39)6-5-15-42-26-18-24(17-25(19-26)41-4)37-29(21-8-11-23(33)12-9-21)30(40)38-14-13-20-7-10-22(16-27(20)38)32(34,35)36/h7-12,16-19,29,37H,5-6,13-15H2,1-4H3. The number of nitrogens with zero attached hydrogens (tertiary/aromatic N) is 1. The quantitative estimate of drug-likeness (QED) is 0.186. The van der Waals surface area contributed by atoms with Gasteiger partial charge in [0.25, 0.3) is 5.91 Å². The van der Waals surface area contributed by atoms with E-state index < -0.39 is 29.3 Å². The Kier molecular flexibility index (Phi) is 9.79. The highest BCUT2D eigenvalue weighted by Crippen LogP contribution is 2.38. The van der Waals surface area contributed by atoms with Gasteiger partial charge in [0.05, 0.1) is 19.3 Å². The number of carbonyl (C=O) groups excluding carboxylic acids is 2. The van der Waals surface area contributed by atoms with Crippen molar-refractivity contribution in [1.29, 1.82) is 0 Å². The van der Waals surface area contributed by atoms with Crippen molar-refractivity contribution < 1.29 is 37.0 Å². The maximum absolute atomic E-state index is 14.0. The lowest BCUT2D eigenvalue weighted by molar-refractivity contribution is -0.155. The molecule has 1 amide bonds. The molecule has 1 unspecified atom stereocenters. The van der Waals surface area contributed by atoms with Crippen molar-refractivity contribution >= 4 is 34.9 Å². The van der Waals surface area contributed by atoms with Crippen LogP contribution in [0.2, 0.25) is 5.02 Å². The van der Waals surface area contributed by atoms with Gasteiger partial charge >= 0.3 is 12.1 Å². The second-order valence-electron chi connectivity index (χ2n) is 11.1. The van der Waals surface area contributed by atoms with Gasteiger partial charge in [-0.05, 0) is 69.0 Å². The average Bonchev–Trinajstić information content (AvgIpc) is 3.36. The molecule has 1 aliphatic heterocycles. The van der Waals surface area contributed by atoms with Crippen molar-refractivity contribution in [2.45, 2.75) is 57.9 Å². The van der Waals surface area contributed by atoms with Gasteiger partial charge in [-0.3, -0.25) is 9.59 Å². The number of fused-ring (bicyclic) bond motifs is 1. The zero-order valence-corrected chi connectivity index (χ0v) is 25.1. The summed E-state index contributed by atoms with van der Waals surface area (Å²) >= 11 is 6.10. The fraction of sp³-hybridized carbons (Fsp3) is 0.375. The van der Waals surface area contributed by atoms with E-state index in [0.717, 1.165) is 12.1 Å². The number of esters is 1. The number of benzene rings is 3. The van der Waals surface area contributed by atoms with Crippen molar-refractivity contribution in [2.75, 3.05) is 30.5 Å². The first-order valence-corrected chi connectivity index (χ1v) is 14.2. The molecular weight excluding hydrogens is 585 g/mol. The summed E-state index contributed by atoms with van der Waals surface area (Å²) in [7, 11) is 1.49. The minimum Gasteiger partial charge on any atom is -0.497 e. The third kappa shape index (κ3) is 8.56. The third-order valence-electron chi connectivity index (χ3n) is 6.67. The number of halogens is 4. The van der Waals surface area contributed by atoms with E-state index in [-0.39, 0.29) is 31.2 Å². The summed E-state index contributed by atoms with van der Waals surface area (Å²) in [5.74, 6) is 0.146. The highest BCUT2D eigenvalue weighted by Gasteiger charge is 2.36. The fourth-order valence-corrected chi connectivity index (χ4v) is 4.83. The molecule has 0 bridgehead atoms. The zero-order chi connectivity index (χ0) is 31.4. The Bertz CT molecular complexity index is 1450. The number of anilines is 2. The maximum atomic E-state index is 14.0. The summed E-state index contributed by atoms with van der Waals surface area (Å²) < 4.78 is 57.1. The van der Waals surface area contributed by atoms with E-state index >= 15 is 0 Å². The lowest BCUT2D eigenvalue weighted by atomic mass is 10.0. The molecular formula is C32H34ClF3N2O5. The number of hydrogen-bond acceptors (Lipinski definition) is 6. The Morgan fingerprint density at radius 3 is 2.35 bits per heavy atom. The molecule has 3 aromatic carbocycles. The van der Waals surface area contributed by atoms with Gasteiger partial charge in [0, 0.05) is 47.6 Å². The molecule has 0 aliphatic carbocycles. The van der Waals surface area contributed by atoms with Crippen molar-refractivity contribution in [3.63, 3.8) is 0 Å². The lowest BCUT2D eigenvalue weighted by Gasteiger charge is -2.27. The average molecular weight is 619 g/mol. The van der Waals surface area contributed by atoms with E-state index in [9.17, 15) is 22.8 Å². The Hall–Kier alpha value is -3.92. The predicted molar refractivity (Wildman–Crippen MR) is 159 cm³/mol. The number of hydrogen-bond donors (Lipinski definition) is 1. The molecule has 4 rings (SSSR count). The monoisotopic (exact) mass is 618 g/mol. The van der Waals surface area contributed by atoms with E-state index in [1.807, 2.05) is 0 Å². The van der Waals surface area contributed by atoms with Gasteiger partial charge in [-0.1, -0.05) is 29.8 Å². The first kappa shape index (κ1) is 32.0. The molecule has 0 fully saturated rings. The number of methoxy groups -OCH3 is 1. The molecule has 230 valence electrons. The van der Waals surface area contributed by atoms with Gasteiger partial charge in [-0.25, -0.2) is 0 Å². The Morgan fingerprint density at radius 2 is 1.70 bits per heavy atom. The fourth-order valence-electron chi connectivity index (χ4n) is 4.71. The predicted octanol–water partition coefficient (Wildman–Crippen LogP) is 7.61. The normalized spacial score (nSPS) is 13.7. The molecule has 0 aromatic heterocycles. The van der Waals surface area contributed by atoms with Crippen molar-refractivity contribution in [3.8, 4) is 11.5 Å². The molecule has 1 heterocycles. The number of nitrogens with one attached hydrogen (secondary N) is 1.